The van der Waals surface area contributed by atoms with Crippen LogP contribution in [-0.2, 0) is 4.74 Å². The third-order valence-electron chi connectivity index (χ3n) is 1.19. The molecule has 5 heteroatoms. The molecule has 0 saturated carbocycles. The second kappa shape index (κ2) is 2.59. The van der Waals surface area contributed by atoms with E-state index in [1.165, 1.54) is 0 Å². The van der Waals surface area contributed by atoms with Gasteiger partial charge in [0.1, 0.15) is 0 Å². The van der Waals surface area contributed by atoms with Gasteiger partial charge in [0, 0.05) is 0 Å². The van der Waals surface area contributed by atoms with Crippen molar-refractivity contribution in [3.63, 3.8) is 0 Å². The topological polar surface area (TPSA) is 73.2 Å². The van der Waals surface area contributed by atoms with Gasteiger partial charge >= 0.3 is 0 Å². The minimum absolute atomic E-state index is 0.0434. The highest BCUT2D eigenvalue weighted by Gasteiger charge is 2.30. The zero-order chi connectivity index (χ0) is 6.85. The number of nitrogens with zero attached hydrogens (tertiary/aromatic N) is 1. The first kappa shape index (κ1) is 6.91. The van der Waals surface area contributed by atoms with Crippen LogP contribution in [0, 0.1) is 0 Å². The fourth-order valence-electron chi connectivity index (χ4n) is 0.678. The monoisotopic (exact) mass is 135 g/mol. The fraction of sp³-hybridized carbons (Fsp3) is 1.00. The van der Waals surface area contributed by atoms with Crippen LogP contribution in [0.2, 0.25) is 0 Å². The molecule has 1 aliphatic rings. The Labute approximate surface area is 52.0 Å². The van der Waals surface area contributed by atoms with E-state index in [0.29, 0.717) is 5.06 Å². The number of hydroxylamine groups is 2. The molecule has 1 rings (SSSR count). The van der Waals surface area contributed by atoms with Crippen LogP contribution in [-0.4, -0.2) is 46.2 Å². The molecule has 2 unspecified atom stereocenters. The molecule has 1 heterocycles. The summed E-state index contributed by atoms with van der Waals surface area (Å²) in [5, 5.41) is 26.5. The van der Waals surface area contributed by atoms with Gasteiger partial charge in [-0.1, -0.05) is 0 Å². The van der Waals surface area contributed by atoms with Gasteiger partial charge in [0.15, 0.2) is 12.5 Å². The third-order valence-corrected chi connectivity index (χ3v) is 1.19. The molecule has 2 atom stereocenters. The van der Waals surface area contributed by atoms with Crippen molar-refractivity contribution in [1.82, 2.24) is 5.06 Å². The van der Waals surface area contributed by atoms with E-state index in [1.807, 2.05) is 0 Å². The van der Waals surface area contributed by atoms with Gasteiger partial charge in [-0.2, -0.15) is 0 Å². The van der Waals surface area contributed by atoms with Crippen molar-refractivity contribution in [3.8, 4) is 0 Å². The lowest BCUT2D eigenvalue weighted by atomic mass is 10.6. The Morgan fingerprint density at radius 3 is 2.56 bits per heavy atom. The Morgan fingerprint density at radius 1 is 1.67 bits per heavy atom. The summed E-state index contributed by atoms with van der Waals surface area (Å²) in [5.74, 6) is 0. The van der Waals surface area contributed by atoms with Gasteiger partial charge in [0.05, 0.1) is 13.2 Å². The lowest BCUT2D eigenvalue weighted by molar-refractivity contribution is -0.218. The molecule has 0 aromatic rings. The standard InChI is InChI=1S/C4H9NO4/c6-1-4-5(8)3(7)2-9-4/h3-4,6-8H,1-2H2. The third kappa shape index (κ3) is 1.20. The molecule has 0 amide bonds. The van der Waals surface area contributed by atoms with Crippen molar-refractivity contribution in [2.45, 2.75) is 12.5 Å². The molecular weight excluding hydrogens is 126 g/mol. The van der Waals surface area contributed by atoms with Gasteiger partial charge in [-0.25, -0.2) is 0 Å². The quantitative estimate of drug-likeness (QED) is 0.401. The van der Waals surface area contributed by atoms with Crippen LogP contribution in [0.3, 0.4) is 0 Å². The minimum Gasteiger partial charge on any atom is -0.392 e. The fourth-order valence-corrected chi connectivity index (χ4v) is 0.678. The van der Waals surface area contributed by atoms with E-state index in [0.717, 1.165) is 0 Å². The normalized spacial score (nSPS) is 37.7. The number of hydrogen-bond donors (Lipinski definition) is 3. The van der Waals surface area contributed by atoms with Crippen molar-refractivity contribution in [2.75, 3.05) is 13.2 Å². The van der Waals surface area contributed by atoms with Gasteiger partial charge in [0.25, 0.3) is 0 Å². The van der Waals surface area contributed by atoms with Crippen LogP contribution < -0.4 is 0 Å². The molecule has 54 valence electrons. The van der Waals surface area contributed by atoms with E-state index in [2.05, 4.69) is 0 Å². The zero-order valence-corrected chi connectivity index (χ0v) is 4.77. The van der Waals surface area contributed by atoms with Gasteiger partial charge in [-0.3, -0.25) is 0 Å². The molecule has 0 bridgehead atoms. The van der Waals surface area contributed by atoms with Crippen molar-refractivity contribution in [2.24, 2.45) is 0 Å². The smallest absolute Gasteiger partial charge is 0.158 e. The van der Waals surface area contributed by atoms with E-state index < -0.39 is 12.5 Å². The first-order valence-corrected chi connectivity index (χ1v) is 2.63. The predicted octanol–water partition coefficient (Wildman–Crippen LogP) is -1.66. The molecule has 0 aliphatic carbocycles. The van der Waals surface area contributed by atoms with Crippen LogP contribution in [0.15, 0.2) is 0 Å². The first-order valence-electron chi connectivity index (χ1n) is 2.63. The lowest BCUT2D eigenvalue weighted by Crippen LogP contribution is -2.35. The number of rotatable bonds is 1. The van der Waals surface area contributed by atoms with Gasteiger partial charge in [-0.05, 0) is 0 Å². The SMILES string of the molecule is OCC1OCC(O)N1O. The summed E-state index contributed by atoms with van der Waals surface area (Å²) < 4.78 is 4.70. The van der Waals surface area contributed by atoms with Crippen molar-refractivity contribution in [1.29, 1.82) is 0 Å². The molecule has 0 spiro atoms. The lowest BCUT2D eigenvalue weighted by Gasteiger charge is -2.14. The van der Waals surface area contributed by atoms with Crippen molar-refractivity contribution in [3.05, 3.63) is 0 Å². The van der Waals surface area contributed by atoms with Gasteiger partial charge in [0.2, 0.25) is 0 Å². The largest absolute Gasteiger partial charge is 0.392 e. The van der Waals surface area contributed by atoms with E-state index in [-0.39, 0.29) is 13.2 Å². The molecule has 1 saturated heterocycles. The number of aliphatic hydroxyl groups excluding tert-OH is 2. The van der Waals surface area contributed by atoms with Crippen LogP contribution in [0.4, 0.5) is 0 Å². The zero-order valence-electron chi connectivity index (χ0n) is 4.77. The highest BCUT2D eigenvalue weighted by molar-refractivity contribution is 4.63. The van der Waals surface area contributed by atoms with Crippen LogP contribution in [0.25, 0.3) is 0 Å². The average molecular weight is 135 g/mol. The molecular formula is C4H9NO4. The summed E-state index contributed by atoms with van der Waals surface area (Å²) in [5.41, 5.74) is 0. The summed E-state index contributed by atoms with van der Waals surface area (Å²) in [6.07, 6.45) is -1.76. The Kier molecular flexibility index (Phi) is 1.99. The Bertz CT molecular complexity index is 98.6. The van der Waals surface area contributed by atoms with E-state index in [9.17, 15) is 0 Å². The highest BCUT2D eigenvalue weighted by Crippen LogP contribution is 2.10. The Morgan fingerprint density at radius 2 is 2.33 bits per heavy atom. The van der Waals surface area contributed by atoms with E-state index >= 15 is 0 Å². The average Bonchev–Trinajstić information content (AvgIpc) is 2.15. The molecule has 1 aliphatic heterocycles. The minimum atomic E-state index is -0.998. The number of ether oxygens (including phenoxy) is 1. The maximum Gasteiger partial charge on any atom is 0.158 e. The maximum absolute atomic E-state index is 8.76. The van der Waals surface area contributed by atoms with Crippen molar-refractivity contribution < 1.29 is 20.2 Å². The Hall–Kier alpha value is -0.200. The molecule has 0 radical (unpaired) electrons. The van der Waals surface area contributed by atoms with Crippen molar-refractivity contribution >= 4 is 0 Å². The van der Waals surface area contributed by atoms with E-state index in [4.69, 9.17) is 20.2 Å². The second-order valence-electron chi connectivity index (χ2n) is 1.83. The van der Waals surface area contributed by atoms with Gasteiger partial charge < -0.3 is 20.2 Å². The summed E-state index contributed by atoms with van der Waals surface area (Å²) >= 11 is 0. The van der Waals surface area contributed by atoms with E-state index in [1.54, 1.807) is 0 Å². The number of aliphatic hydroxyl groups is 2. The van der Waals surface area contributed by atoms with Gasteiger partial charge in [-0.15, -0.1) is 5.06 Å². The summed E-state index contributed by atoms with van der Waals surface area (Å²) in [4.78, 5) is 0. The Balaban J connectivity index is 2.41. The molecule has 9 heavy (non-hydrogen) atoms. The summed E-state index contributed by atoms with van der Waals surface area (Å²) in [6.45, 7) is -0.269. The number of hydrogen-bond acceptors (Lipinski definition) is 5. The maximum atomic E-state index is 8.76. The predicted molar refractivity (Wildman–Crippen MR) is 26.5 cm³/mol. The highest BCUT2D eigenvalue weighted by atomic mass is 16.7. The van der Waals surface area contributed by atoms with Crippen LogP contribution >= 0.6 is 0 Å². The molecule has 1 fully saturated rings. The second-order valence-corrected chi connectivity index (χ2v) is 1.83. The van der Waals surface area contributed by atoms with Crippen LogP contribution in [0.1, 0.15) is 0 Å². The van der Waals surface area contributed by atoms with Crippen LogP contribution in [0.5, 0.6) is 0 Å². The molecule has 5 nitrogen and oxygen atoms in total. The molecule has 3 N–H and O–H groups in total. The summed E-state index contributed by atoms with van der Waals surface area (Å²) in [7, 11) is 0. The first-order chi connectivity index (χ1) is 4.25. The molecule has 0 aromatic carbocycles. The summed E-state index contributed by atoms with van der Waals surface area (Å²) in [6, 6.07) is 0. The molecule has 0 aromatic heterocycles.